The van der Waals surface area contributed by atoms with Crippen molar-refractivity contribution in [3.63, 3.8) is 0 Å². The van der Waals surface area contributed by atoms with Crippen LogP contribution >= 0.6 is 0 Å². The molecular formula is C20H22N2O8. The number of carboxylic acid groups (broad SMARTS) is 2. The van der Waals surface area contributed by atoms with Gasteiger partial charge in [-0.05, 0) is 38.1 Å². The molecule has 0 bridgehead atoms. The Bertz CT molecular complexity index is 937. The molecule has 0 fully saturated rings. The van der Waals surface area contributed by atoms with Gasteiger partial charge in [0.15, 0.2) is 0 Å². The van der Waals surface area contributed by atoms with Crippen molar-refractivity contribution in [2.75, 3.05) is 13.2 Å². The molecule has 6 N–H and O–H groups in total. The lowest BCUT2D eigenvalue weighted by Gasteiger charge is -2.18. The van der Waals surface area contributed by atoms with Gasteiger partial charge in [-0.3, -0.25) is 9.59 Å². The van der Waals surface area contributed by atoms with Crippen molar-refractivity contribution < 1.29 is 39.6 Å². The number of benzene rings is 2. The molecule has 0 saturated heterocycles. The number of nitrogens with one attached hydrogen (secondary N) is 2. The number of carbonyl (C=O) groups is 4. The maximum Gasteiger partial charge on any atom is 0.336 e. The van der Waals surface area contributed by atoms with E-state index < -0.39 is 35.8 Å². The summed E-state index contributed by atoms with van der Waals surface area (Å²) in [6.45, 7) is 2.32. The zero-order chi connectivity index (χ0) is 22.6. The number of hydrogen-bond donors (Lipinski definition) is 6. The Kier molecular flexibility index (Phi) is 7.09. The third-order valence-corrected chi connectivity index (χ3v) is 4.41. The third kappa shape index (κ3) is 4.56. The first-order valence-electron chi connectivity index (χ1n) is 9.02. The van der Waals surface area contributed by atoms with Crippen molar-refractivity contribution in [2.45, 2.75) is 25.9 Å². The van der Waals surface area contributed by atoms with Gasteiger partial charge in [-0.25, -0.2) is 9.59 Å². The summed E-state index contributed by atoms with van der Waals surface area (Å²) in [5, 5.41) is 42.1. The lowest BCUT2D eigenvalue weighted by Crippen LogP contribution is -2.36. The van der Waals surface area contributed by atoms with E-state index in [1.54, 1.807) is 0 Å². The van der Waals surface area contributed by atoms with Crippen molar-refractivity contribution in [3.8, 4) is 0 Å². The first-order valence-corrected chi connectivity index (χ1v) is 9.02. The van der Waals surface area contributed by atoms with E-state index in [0.717, 1.165) is 12.1 Å². The van der Waals surface area contributed by atoms with Gasteiger partial charge in [0, 0.05) is 34.0 Å². The van der Waals surface area contributed by atoms with Crippen LogP contribution in [0.4, 0.5) is 0 Å². The molecule has 30 heavy (non-hydrogen) atoms. The molecule has 0 heterocycles. The van der Waals surface area contributed by atoms with Crippen LogP contribution in [0.15, 0.2) is 24.3 Å². The van der Waals surface area contributed by atoms with E-state index >= 15 is 0 Å². The molecule has 0 aliphatic heterocycles. The van der Waals surface area contributed by atoms with Crippen LogP contribution in [-0.2, 0) is 0 Å². The second kappa shape index (κ2) is 9.33. The number of hydrogen-bond acceptors (Lipinski definition) is 6. The van der Waals surface area contributed by atoms with Crippen molar-refractivity contribution >= 4 is 34.5 Å². The summed E-state index contributed by atoms with van der Waals surface area (Å²) < 4.78 is 0. The van der Waals surface area contributed by atoms with Crippen molar-refractivity contribution in [3.05, 3.63) is 46.5 Å². The molecule has 2 rings (SSSR count). The summed E-state index contributed by atoms with van der Waals surface area (Å²) in [5.74, 6) is -4.30. The summed E-state index contributed by atoms with van der Waals surface area (Å²) in [6, 6.07) is 3.27. The molecule has 2 aromatic carbocycles. The van der Waals surface area contributed by atoms with Gasteiger partial charge in [-0.1, -0.05) is 0 Å². The van der Waals surface area contributed by atoms with Crippen LogP contribution in [-0.4, -0.2) is 69.5 Å². The van der Waals surface area contributed by atoms with E-state index in [0.29, 0.717) is 0 Å². The molecule has 0 aromatic heterocycles. The average Bonchev–Trinajstić information content (AvgIpc) is 2.71. The fraction of sp³-hybridized carbons (Fsp3) is 0.300. The summed E-state index contributed by atoms with van der Waals surface area (Å²) >= 11 is 0. The standard InChI is InChI=1S/C20H22N2O8/c1-9(7-23)21-17(25)11-3-4-12(18(26)22-10(2)8-24)16-14(20(29)30)6-5-13(15(11)16)19(27)28/h3-6,9-10,23-24H,7-8H2,1-2H3,(H,21,25)(H,22,26)(H,27,28)(H,29,30). The molecule has 2 unspecified atom stereocenters. The van der Waals surface area contributed by atoms with Crippen molar-refractivity contribution in [1.29, 1.82) is 0 Å². The topological polar surface area (TPSA) is 173 Å². The van der Waals surface area contributed by atoms with Gasteiger partial charge in [0.2, 0.25) is 0 Å². The first-order chi connectivity index (χ1) is 14.1. The molecule has 0 aliphatic carbocycles. The van der Waals surface area contributed by atoms with Crippen molar-refractivity contribution in [2.24, 2.45) is 0 Å². The minimum atomic E-state index is -1.41. The van der Waals surface area contributed by atoms with Crippen LogP contribution < -0.4 is 10.6 Å². The fourth-order valence-corrected chi connectivity index (χ4v) is 2.92. The van der Waals surface area contributed by atoms with E-state index in [1.807, 2.05) is 0 Å². The number of aliphatic hydroxyl groups excluding tert-OH is 2. The molecule has 10 nitrogen and oxygen atoms in total. The molecular weight excluding hydrogens is 396 g/mol. The molecule has 0 aliphatic rings. The molecule has 2 amide bonds. The molecule has 2 aromatic rings. The van der Waals surface area contributed by atoms with Gasteiger partial charge in [-0.15, -0.1) is 0 Å². The number of rotatable bonds is 8. The first kappa shape index (κ1) is 22.8. The Balaban J connectivity index is 2.88. The van der Waals surface area contributed by atoms with Gasteiger partial charge in [0.05, 0.1) is 24.3 Å². The van der Waals surface area contributed by atoms with Crippen LogP contribution in [0.5, 0.6) is 0 Å². The number of amides is 2. The molecule has 160 valence electrons. The quantitative estimate of drug-likeness (QED) is 0.358. The Hall–Kier alpha value is -3.50. The van der Waals surface area contributed by atoms with E-state index in [2.05, 4.69) is 10.6 Å². The summed E-state index contributed by atoms with van der Waals surface area (Å²) in [4.78, 5) is 49.0. The fourth-order valence-electron chi connectivity index (χ4n) is 2.92. The normalized spacial score (nSPS) is 12.8. The third-order valence-electron chi connectivity index (χ3n) is 4.41. The minimum Gasteiger partial charge on any atom is -0.478 e. The van der Waals surface area contributed by atoms with E-state index in [9.17, 15) is 29.4 Å². The predicted octanol–water partition coefficient (Wildman–Crippen LogP) is 0.457. The van der Waals surface area contributed by atoms with E-state index in [4.69, 9.17) is 10.2 Å². The van der Waals surface area contributed by atoms with Gasteiger partial charge >= 0.3 is 11.9 Å². The highest BCUT2D eigenvalue weighted by Crippen LogP contribution is 2.30. The van der Waals surface area contributed by atoms with Crippen LogP contribution in [0, 0.1) is 0 Å². The molecule has 0 spiro atoms. The molecule has 10 heteroatoms. The zero-order valence-electron chi connectivity index (χ0n) is 16.3. The number of carboxylic acids is 2. The number of carbonyl (C=O) groups excluding carboxylic acids is 2. The van der Waals surface area contributed by atoms with Gasteiger partial charge < -0.3 is 31.1 Å². The van der Waals surface area contributed by atoms with Crippen LogP contribution in [0.3, 0.4) is 0 Å². The van der Waals surface area contributed by atoms with Crippen LogP contribution in [0.1, 0.15) is 55.3 Å². The Morgan fingerprint density at radius 3 is 1.27 bits per heavy atom. The maximum atomic E-state index is 12.7. The Morgan fingerprint density at radius 1 is 0.700 bits per heavy atom. The summed E-state index contributed by atoms with van der Waals surface area (Å²) in [7, 11) is 0. The Morgan fingerprint density at radius 2 is 1.00 bits per heavy atom. The molecule has 0 radical (unpaired) electrons. The van der Waals surface area contributed by atoms with Crippen LogP contribution in [0.25, 0.3) is 10.8 Å². The predicted molar refractivity (Wildman–Crippen MR) is 106 cm³/mol. The highest BCUT2D eigenvalue weighted by molar-refractivity contribution is 6.23. The van der Waals surface area contributed by atoms with Crippen molar-refractivity contribution in [1.82, 2.24) is 10.6 Å². The SMILES string of the molecule is CC(CO)NC(=O)c1ccc(C(=O)NC(C)CO)c2c(C(=O)O)ccc(C(=O)O)c12. The van der Waals surface area contributed by atoms with E-state index in [-0.39, 0.29) is 46.2 Å². The highest BCUT2D eigenvalue weighted by Gasteiger charge is 2.26. The minimum absolute atomic E-state index is 0.155. The highest BCUT2D eigenvalue weighted by atomic mass is 16.4. The monoisotopic (exact) mass is 418 g/mol. The number of aliphatic hydroxyl groups is 2. The number of aromatic carboxylic acids is 2. The van der Waals surface area contributed by atoms with Gasteiger partial charge in [0.1, 0.15) is 0 Å². The average molecular weight is 418 g/mol. The van der Waals surface area contributed by atoms with Gasteiger partial charge in [-0.2, -0.15) is 0 Å². The zero-order valence-corrected chi connectivity index (χ0v) is 16.3. The van der Waals surface area contributed by atoms with Crippen LogP contribution in [0.2, 0.25) is 0 Å². The lowest BCUT2D eigenvalue weighted by atomic mass is 9.90. The summed E-state index contributed by atoms with van der Waals surface area (Å²) in [5.41, 5.74) is -1.03. The second-order valence-electron chi connectivity index (χ2n) is 6.80. The number of fused-ring (bicyclic) bond motifs is 1. The lowest BCUT2D eigenvalue weighted by molar-refractivity contribution is 0.0684. The summed E-state index contributed by atoms with van der Waals surface area (Å²) in [6.07, 6.45) is 0. The largest absolute Gasteiger partial charge is 0.478 e. The Labute approximate surface area is 171 Å². The molecule has 0 saturated carbocycles. The maximum absolute atomic E-state index is 12.7. The second-order valence-corrected chi connectivity index (χ2v) is 6.80. The van der Waals surface area contributed by atoms with Gasteiger partial charge in [0.25, 0.3) is 11.8 Å². The smallest absolute Gasteiger partial charge is 0.336 e. The van der Waals surface area contributed by atoms with E-state index in [1.165, 1.54) is 26.0 Å². The molecule has 2 atom stereocenters.